The quantitative estimate of drug-likeness (QED) is 0.735. The van der Waals surface area contributed by atoms with Crippen LogP contribution in [-0.2, 0) is 4.79 Å². The van der Waals surface area contributed by atoms with Gasteiger partial charge in [0.15, 0.2) is 0 Å². The average molecular weight is 232 g/mol. The molecule has 1 atom stereocenters. The molecule has 2 rings (SSSR count). The van der Waals surface area contributed by atoms with E-state index in [0.717, 1.165) is 5.69 Å². The third kappa shape index (κ3) is 2.05. The van der Waals surface area contributed by atoms with Crippen LogP contribution < -0.4 is 4.90 Å². The lowest BCUT2D eigenvalue weighted by Gasteiger charge is -2.15. The molecule has 0 spiro atoms. The second-order valence-corrected chi connectivity index (χ2v) is 4.61. The van der Waals surface area contributed by atoms with E-state index < -0.39 is 0 Å². The van der Waals surface area contributed by atoms with Gasteiger partial charge in [0, 0.05) is 23.5 Å². The molecular formula is C12H12N2OS. The van der Waals surface area contributed by atoms with Crippen LogP contribution >= 0.6 is 11.8 Å². The Balaban J connectivity index is 2.18. The number of carbonyl (C=O) groups is 1. The largest absolute Gasteiger partial charge is 0.311 e. The lowest BCUT2D eigenvalue weighted by Crippen LogP contribution is -2.24. The number of nitriles is 1. The summed E-state index contributed by atoms with van der Waals surface area (Å²) in [6, 6.07) is 10.0. The Morgan fingerprint density at radius 2 is 2.12 bits per heavy atom. The minimum Gasteiger partial charge on any atom is -0.311 e. The van der Waals surface area contributed by atoms with E-state index in [0.29, 0.717) is 13.0 Å². The van der Waals surface area contributed by atoms with Gasteiger partial charge < -0.3 is 4.90 Å². The van der Waals surface area contributed by atoms with E-state index in [1.54, 1.807) is 16.7 Å². The Kier molecular flexibility index (Phi) is 3.16. The van der Waals surface area contributed by atoms with Gasteiger partial charge in [-0.05, 0) is 30.5 Å². The minimum atomic E-state index is -0.160. The molecular weight excluding hydrogens is 220 g/mol. The van der Waals surface area contributed by atoms with Crippen LogP contribution in [0.5, 0.6) is 0 Å². The van der Waals surface area contributed by atoms with Crippen molar-refractivity contribution in [3.8, 4) is 6.07 Å². The third-order valence-corrected chi connectivity index (χ3v) is 3.44. The third-order valence-electron chi connectivity index (χ3n) is 2.69. The molecule has 1 aromatic carbocycles. The van der Waals surface area contributed by atoms with Crippen LogP contribution in [0, 0.1) is 17.2 Å². The molecule has 1 unspecified atom stereocenters. The summed E-state index contributed by atoms with van der Waals surface area (Å²) in [6.45, 7) is 0.522. The fourth-order valence-electron chi connectivity index (χ4n) is 1.81. The molecule has 1 aliphatic rings. The van der Waals surface area contributed by atoms with Crippen molar-refractivity contribution < 1.29 is 4.79 Å². The Bertz CT molecular complexity index is 435. The van der Waals surface area contributed by atoms with Gasteiger partial charge in [0.25, 0.3) is 0 Å². The highest BCUT2D eigenvalue weighted by Crippen LogP contribution is 2.26. The van der Waals surface area contributed by atoms with E-state index in [2.05, 4.69) is 6.07 Å². The molecule has 4 heteroatoms. The number of hydrogen-bond acceptors (Lipinski definition) is 3. The van der Waals surface area contributed by atoms with Crippen LogP contribution in [0.3, 0.4) is 0 Å². The monoisotopic (exact) mass is 232 g/mol. The van der Waals surface area contributed by atoms with Gasteiger partial charge in [-0.3, -0.25) is 4.79 Å². The standard InChI is InChI=1S/C12H12N2OS/c1-16-11-4-2-10(3-5-11)14-8-9(7-13)6-12(14)15/h2-5,9H,6,8H2,1H3. The number of nitrogens with zero attached hydrogens (tertiary/aromatic N) is 2. The fraction of sp³-hybridized carbons (Fsp3) is 0.333. The second-order valence-electron chi connectivity index (χ2n) is 3.73. The summed E-state index contributed by atoms with van der Waals surface area (Å²) < 4.78 is 0. The molecule has 0 aliphatic carbocycles. The highest BCUT2D eigenvalue weighted by molar-refractivity contribution is 7.98. The van der Waals surface area contributed by atoms with Crippen LogP contribution in [-0.4, -0.2) is 18.7 Å². The Hall–Kier alpha value is -1.47. The molecule has 1 fully saturated rings. The van der Waals surface area contributed by atoms with Gasteiger partial charge in [-0.1, -0.05) is 0 Å². The molecule has 0 aromatic heterocycles. The molecule has 1 aliphatic heterocycles. The normalized spacial score (nSPS) is 19.9. The Morgan fingerprint density at radius 3 is 2.62 bits per heavy atom. The van der Waals surface area contributed by atoms with E-state index in [1.165, 1.54) is 4.90 Å². The van der Waals surface area contributed by atoms with Crippen molar-refractivity contribution in [3.63, 3.8) is 0 Å². The lowest BCUT2D eigenvalue weighted by molar-refractivity contribution is -0.117. The van der Waals surface area contributed by atoms with Crippen LogP contribution in [0.15, 0.2) is 29.2 Å². The molecule has 3 nitrogen and oxygen atoms in total. The first-order valence-corrected chi connectivity index (χ1v) is 6.31. The summed E-state index contributed by atoms with van der Waals surface area (Å²) in [5, 5.41) is 8.80. The number of hydrogen-bond donors (Lipinski definition) is 0. The van der Waals surface area contributed by atoms with Gasteiger partial charge in [-0.15, -0.1) is 11.8 Å². The van der Waals surface area contributed by atoms with Crippen molar-refractivity contribution in [2.45, 2.75) is 11.3 Å². The molecule has 16 heavy (non-hydrogen) atoms. The molecule has 1 saturated heterocycles. The van der Waals surface area contributed by atoms with Crippen LogP contribution in [0.4, 0.5) is 5.69 Å². The van der Waals surface area contributed by atoms with Crippen molar-refractivity contribution in [1.29, 1.82) is 5.26 Å². The molecule has 0 N–H and O–H groups in total. The number of carbonyl (C=O) groups excluding carboxylic acids is 1. The molecule has 0 radical (unpaired) electrons. The Morgan fingerprint density at radius 1 is 1.44 bits per heavy atom. The summed E-state index contributed by atoms with van der Waals surface area (Å²) in [5.74, 6) is -0.115. The van der Waals surface area contributed by atoms with Crippen molar-refractivity contribution in [2.75, 3.05) is 17.7 Å². The molecule has 0 bridgehead atoms. The summed E-state index contributed by atoms with van der Waals surface area (Å²) >= 11 is 1.67. The van der Waals surface area contributed by atoms with Crippen LogP contribution in [0.2, 0.25) is 0 Å². The van der Waals surface area contributed by atoms with Crippen LogP contribution in [0.25, 0.3) is 0 Å². The summed E-state index contributed by atoms with van der Waals surface area (Å²) in [5.41, 5.74) is 0.889. The second kappa shape index (κ2) is 4.58. The zero-order valence-corrected chi connectivity index (χ0v) is 9.83. The van der Waals surface area contributed by atoms with Crippen molar-refractivity contribution in [1.82, 2.24) is 0 Å². The zero-order valence-electron chi connectivity index (χ0n) is 9.01. The maximum absolute atomic E-state index is 11.7. The molecule has 0 saturated carbocycles. The first kappa shape index (κ1) is 11.0. The van der Waals surface area contributed by atoms with E-state index in [9.17, 15) is 4.79 Å². The SMILES string of the molecule is CSc1ccc(N2CC(C#N)CC2=O)cc1. The van der Waals surface area contributed by atoms with Crippen molar-refractivity contribution in [3.05, 3.63) is 24.3 Å². The molecule has 1 amide bonds. The van der Waals surface area contributed by atoms with E-state index in [-0.39, 0.29) is 11.8 Å². The summed E-state index contributed by atoms with van der Waals surface area (Å²) in [7, 11) is 0. The van der Waals surface area contributed by atoms with Gasteiger partial charge >= 0.3 is 0 Å². The maximum Gasteiger partial charge on any atom is 0.228 e. The van der Waals surface area contributed by atoms with Gasteiger partial charge in [-0.25, -0.2) is 0 Å². The highest BCUT2D eigenvalue weighted by Gasteiger charge is 2.30. The van der Waals surface area contributed by atoms with E-state index in [4.69, 9.17) is 5.26 Å². The number of amides is 1. The smallest absolute Gasteiger partial charge is 0.228 e. The molecule has 82 valence electrons. The highest BCUT2D eigenvalue weighted by atomic mass is 32.2. The maximum atomic E-state index is 11.7. The number of rotatable bonds is 2. The first-order chi connectivity index (χ1) is 7.74. The molecule has 1 aromatic rings. The van der Waals surface area contributed by atoms with Gasteiger partial charge in [0.2, 0.25) is 5.91 Å². The van der Waals surface area contributed by atoms with Crippen LogP contribution in [0.1, 0.15) is 6.42 Å². The number of anilines is 1. The van der Waals surface area contributed by atoms with E-state index >= 15 is 0 Å². The molecule has 1 heterocycles. The summed E-state index contributed by atoms with van der Waals surface area (Å²) in [4.78, 5) is 14.5. The number of thioether (sulfide) groups is 1. The van der Waals surface area contributed by atoms with Gasteiger partial charge in [0.1, 0.15) is 0 Å². The van der Waals surface area contributed by atoms with Crippen molar-refractivity contribution in [2.24, 2.45) is 5.92 Å². The first-order valence-electron chi connectivity index (χ1n) is 5.08. The summed E-state index contributed by atoms with van der Waals surface area (Å²) in [6.07, 6.45) is 2.36. The van der Waals surface area contributed by atoms with Gasteiger partial charge in [-0.2, -0.15) is 5.26 Å². The van der Waals surface area contributed by atoms with Gasteiger partial charge in [0.05, 0.1) is 12.0 Å². The predicted molar refractivity (Wildman–Crippen MR) is 64.3 cm³/mol. The van der Waals surface area contributed by atoms with Crippen molar-refractivity contribution >= 4 is 23.4 Å². The zero-order chi connectivity index (χ0) is 11.5. The average Bonchev–Trinajstić information content (AvgIpc) is 2.71. The lowest BCUT2D eigenvalue weighted by atomic mass is 10.1. The fourth-order valence-corrected chi connectivity index (χ4v) is 2.21. The predicted octanol–water partition coefficient (Wildman–Crippen LogP) is 2.28. The minimum absolute atomic E-state index is 0.0449. The topological polar surface area (TPSA) is 44.1 Å². The Labute approximate surface area is 99.1 Å². The van der Waals surface area contributed by atoms with E-state index in [1.807, 2.05) is 30.5 Å². The number of benzene rings is 1.